The van der Waals surface area contributed by atoms with Crippen LogP contribution in [0.15, 0.2) is 17.0 Å². The molecule has 0 aliphatic rings. The van der Waals surface area contributed by atoms with Crippen molar-refractivity contribution in [2.45, 2.75) is 25.2 Å². The van der Waals surface area contributed by atoms with E-state index >= 15 is 0 Å². The molecule has 0 aliphatic carbocycles. The Morgan fingerprint density at radius 3 is 2.62 bits per heavy atom. The number of hydrogen-bond donors (Lipinski definition) is 2. The Labute approximate surface area is 123 Å². The van der Waals surface area contributed by atoms with Gasteiger partial charge >= 0.3 is 0 Å². The number of nitrogens with one attached hydrogen (secondary N) is 1. The fourth-order valence-corrected chi connectivity index (χ4v) is 2.53. The Morgan fingerprint density at radius 2 is 2.05 bits per heavy atom. The minimum absolute atomic E-state index is 0.0332. The van der Waals surface area contributed by atoms with Crippen LogP contribution in [0.2, 0.25) is 0 Å². The third kappa shape index (κ3) is 5.06. The van der Waals surface area contributed by atoms with Crippen LogP contribution in [-0.4, -0.2) is 27.5 Å². The van der Waals surface area contributed by atoms with E-state index in [1.54, 1.807) is 13.8 Å². The molecule has 114 valence electrons. The maximum Gasteiger partial charge on any atom is 0.257 e. The maximum absolute atomic E-state index is 11.5. The number of nitrogens with two attached hydrogens (primary N) is 1. The zero-order chi connectivity index (χ0) is 16.0. The highest BCUT2D eigenvalue weighted by molar-refractivity contribution is 7.89. The van der Waals surface area contributed by atoms with Gasteiger partial charge in [0.25, 0.3) is 5.91 Å². The smallest absolute Gasteiger partial charge is 0.257 e. The van der Waals surface area contributed by atoms with E-state index in [1.165, 1.54) is 12.1 Å². The van der Waals surface area contributed by atoms with Crippen molar-refractivity contribution < 1.29 is 17.9 Å². The van der Waals surface area contributed by atoms with Gasteiger partial charge in [0.1, 0.15) is 5.75 Å². The molecule has 0 spiro atoms. The van der Waals surface area contributed by atoms with Crippen LogP contribution in [0.5, 0.6) is 5.75 Å². The number of carbonyl (C=O) groups excluding carboxylic acids is 1. The van der Waals surface area contributed by atoms with Gasteiger partial charge in [-0.15, -0.1) is 0 Å². The number of amides is 1. The lowest BCUT2D eigenvalue weighted by Crippen LogP contribution is -2.29. The number of primary sulfonamides is 1. The van der Waals surface area contributed by atoms with Gasteiger partial charge in [-0.25, -0.2) is 13.6 Å². The SMILES string of the molecule is Cc1cc(S(N)(=O)=O)c(C)cc1OCC(=O)NCCC#N. The monoisotopic (exact) mass is 311 g/mol. The summed E-state index contributed by atoms with van der Waals surface area (Å²) < 4.78 is 28.1. The minimum atomic E-state index is -3.78. The van der Waals surface area contributed by atoms with Crippen molar-refractivity contribution >= 4 is 15.9 Å². The van der Waals surface area contributed by atoms with E-state index in [9.17, 15) is 13.2 Å². The first-order valence-corrected chi connectivity index (χ1v) is 7.71. The molecule has 0 aliphatic heterocycles. The molecule has 0 radical (unpaired) electrons. The highest BCUT2D eigenvalue weighted by Crippen LogP contribution is 2.25. The molecule has 0 fully saturated rings. The van der Waals surface area contributed by atoms with Gasteiger partial charge in [0.15, 0.2) is 6.61 Å². The largest absolute Gasteiger partial charge is 0.483 e. The molecule has 0 bridgehead atoms. The van der Waals surface area contributed by atoms with Crippen molar-refractivity contribution in [2.24, 2.45) is 5.14 Å². The van der Waals surface area contributed by atoms with Crippen molar-refractivity contribution in [2.75, 3.05) is 13.2 Å². The molecule has 1 aromatic rings. The van der Waals surface area contributed by atoms with E-state index in [-0.39, 0.29) is 30.4 Å². The van der Waals surface area contributed by atoms with Crippen LogP contribution in [0.3, 0.4) is 0 Å². The fourth-order valence-electron chi connectivity index (χ4n) is 1.68. The van der Waals surface area contributed by atoms with Gasteiger partial charge in [-0.1, -0.05) is 0 Å². The predicted molar refractivity (Wildman–Crippen MR) is 76.0 cm³/mol. The molecular weight excluding hydrogens is 294 g/mol. The summed E-state index contributed by atoms with van der Waals surface area (Å²) in [5.41, 5.74) is 1.01. The first-order valence-electron chi connectivity index (χ1n) is 6.16. The Hall–Kier alpha value is -2.11. The lowest BCUT2D eigenvalue weighted by molar-refractivity contribution is -0.123. The second-order valence-electron chi connectivity index (χ2n) is 4.47. The number of hydrogen-bond acceptors (Lipinski definition) is 5. The maximum atomic E-state index is 11.5. The molecule has 1 rings (SSSR count). The van der Waals surface area contributed by atoms with Gasteiger partial charge in [0.05, 0.1) is 17.4 Å². The Kier molecular flexibility index (Phi) is 5.69. The van der Waals surface area contributed by atoms with Crippen molar-refractivity contribution in [1.29, 1.82) is 5.26 Å². The molecule has 0 atom stereocenters. The van der Waals surface area contributed by atoms with E-state index in [0.29, 0.717) is 16.9 Å². The topological polar surface area (TPSA) is 122 Å². The van der Waals surface area contributed by atoms with Crippen LogP contribution in [-0.2, 0) is 14.8 Å². The van der Waals surface area contributed by atoms with E-state index < -0.39 is 10.0 Å². The van der Waals surface area contributed by atoms with E-state index in [0.717, 1.165) is 0 Å². The number of benzene rings is 1. The number of rotatable bonds is 6. The lowest BCUT2D eigenvalue weighted by atomic mass is 10.1. The van der Waals surface area contributed by atoms with Crippen LogP contribution in [0, 0.1) is 25.2 Å². The molecule has 21 heavy (non-hydrogen) atoms. The summed E-state index contributed by atoms with van der Waals surface area (Å²) in [5, 5.41) is 16.0. The third-order valence-electron chi connectivity index (χ3n) is 2.70. The first-order chi connectivity index (χ1) is 9.75. The van der Waals surface area contributed by atoms with Gasteiger partial charge in [-0.3, -0.25) is 4.79 Å². The first kappa shape index (κ1) is 16.9. The highest BCUT2D eigenvalue weighted by Gasteiger charge is 2.15. The van der Waals surface area contributed by atoms with Gasteiger partial charge in [-0.05, 0) is 37.1 Å². The minimum Gasteiger partial charge on any atom is -0.483 e. The highest BCUT2D eigenvalue weighted by atomic mass is 32.2. The second kappa shape index (κ2) is 7.06. The van der Waals surface area contributed by atoms with Crippen LogP contribution in [0.25, 0.3) is 0 Å². The van der Waals surface area contributed by atoms with Crippen molar-refractivity contribution in [3.8, 4) is 11.8 Å². The molecule has 0 unspecified atom stereocenters. The van der Waals surface area contributed by atoms with E-state index in [1.807, 2.05) is 6.07 Å². The van der Waals surface area contributed by atoms with Crippen molar-refractivity contribution in [3.63, 3.8) is 0 Å². The summed E-state index contributed by atoms with van der Waals surface area (Å²) in [6.45, 7) is 3.32. The van der Waals surface area contributed by atoms with Crippen LogP contribution in [0.4, 0.5) is 0 Å². The summed E-state index contributed by atoms with van der Waals surface area (Å²) in [6.07, 6.45) is 0.229. The van der Waals surface area contributed by atoms with Crippen LogP contribution >= 0.6 is 0 Å². The van der Waals surface area contributed by atoms with Gasteiger partial charge in [-0.2, -0.15) is 5.26 Å². The van der Waals surface area contributed by atoms with E-state index in [2.05, 4.69) is 5.32 Å². The summed E-state index contributed by atoms with van der Waals surface area (Å²) in [5.74, 6) is 0.0631. The average Bonchev–Trinajstić information content (AvgIpc) is 2.38. The summed E-state index contributed by atoms with van der Waals surface area (Å²) >= 11 is 0. The molecular formula is C13H17N3O4S. The normalized spacial score (nSPS) is 10.8. The number of ether oxygens (including phenoxy) is 1. The predicted octanol–water partition coefficient (Wildman–Crippen LogP) is 0.360. The third-order valence-corrected chi connectivity index (χ3v) is 3.75. The summed E-state index contributed by atoms with van der Waals surface area (Å²) in [6, 6.07) is 4.85. The van der Waals surface area contributed by atoms with Gasteiger partial charge in [0.2, 0.25) is 10.0 Å². The van der Waals surface area contributed by atoms with Gasteiger partial charge < -0.3 is 10.1 Å². The van der Waals surface area contributed by atoms with Crippen LogP contribution in [0.1, 0.15) is 17.5 Å². The lowest BCUT2D eigenvalue weighted by Gasteiger charge is -2.12. The van der Waals surface area contributed by atoms with Crippen molar-refractivity contribution in [3.05, 3.63) is 23.3 Å². The molecule has 3 N–H and O–H groups in total. The Bertz CT molecular complexity index is 677. The van der Waals surface area contributed by atoms with E-state index in [4.69, 9.17) is 15.1 Å². The number of nitriles is 1. The molecule has 0 saturated heterocycles. The molecule has 8 heteroatoms. The molecule has 1 amide bonds. The Morgan fingerprint density at radius 1 is 1.38 bits per heavy atom. The fraction of sp³-hybridized carbons (Fsp3) is 0.385. The number of aryl methyl sites for hydroxylation is 2. The van der Waals surface area contributed by atoms with Crippen LogP contribution < -0.4 is 15.2 Å². The molecule has 0 heterocycles. The molecule has 1 aromatic carbocycles. The average molecular weight is 311 g/mol. The number of carbonyl (C=O) groups is 1. The summed E-state index contributed by atoms with van der Waals surface area (Å²) in [4.78, 5) is 11.5. The Balaban J connectivity index is 2.76. The number of nitrogens with zero attached hydrogens (tertiary/aromatic N) is 1. The molecule has 0 aromatic heterocycles. The zero-order valence-electron chi connectivity index (χ0n) is 11.8. The molecule has 0 saturated carbocycles. The van der Waals surface area contributed by atoms with Gasteiger partial charge in [0, 0.05) is 6.54 Å². The molecule has 7 nitrogen and oxygen atoms in total. The second-order valence-corrected chi connectivity index (χ2v) is 6.00. The van der Waals surface area contributed by atoms with Crippen molar-refractivity contribution in [1.82, 2.24) is 5.32 Å². The summed E-state index contributed by atoms with van der Waals surface area (Å²) in [7, 11) is -3.78. The quantitative estimate of drug-likeness (QED) is 0.734. The zero-order valence-corrected chi connectivity index (χ0v) is 12.7. The standard InChI is InChI=1S/C13H17N3O4S/c1-9-7-12(21(15,18)19)10(2)6-11(9)20-8-13(17)16-5-3-4-14/h6-7H,3,5,8H2,1-2H3,(H,16,17)(H2,15,18,19). The number of sulfonamides is 1.